The number of halogens is 1. The smallest absolute Gasteiger partial charge is 0.195 e. The number of benzene rings is 2. The van der Waals surface area contributed by atoms with Crippen molar-refractivity contribution >= 4 is 29.1 Å². The van der Waals surface area contributed by atoms with Crippen molar-refractivity contribution in [2.24, 2.45) is 0 Å². The summed E-state index contributed by atoms with van der Waals surface area (Å²) in [6.45, 7) is 4.06. The topological polar surface area (TPSA) is 55.2 Å². The van der Waals surface area contributed by atoms with Crippen molar-refractivity contribution in [3.63, 3.8) is 0 Å². The fraction of sp³-hybridized carbons (Fsp3) is 0.391. The third kappa shape index (κ3) is 5.93. The van der Waals surface area contributed by atoms with Gasteiger partial charge in [0.15, 0.2) is 11.0 Å². The molecule has 0 atom stereocenters. The molecule has 31 heavy (non-hydrogen) atoms. The number of nitrogens with one attached hydrogen (secondary N) is 1. The fourth-order valence-electron chi connectivity index (χ4n) is 3.70. The quantitative estimate of drug-likeness (QED) is 0.450. The lowest BCUT2D eigenvalue weighted by Gasteiger charge is -2.25. The second-order valence-corrected chi connectivity index (χ2v) is 9.04. The van der Waals surface area contributed by atoms with Crippen LogP contribution < -0.4 is 10.1 Å². The summed E-state index contributed by atoms with van der Waals surface area (Å²) in [5.41, 5.74) is 2.02. The Kier molecular flexibility index (Phi) is 7.72. The first kappa shape index (κ1) is 22.0. The first-order valence-corrected chi connectivity index (χ1v) is 12.0. The number of likely N-dealkylation sites (tertiary alicyclic amines) is 1. The molecule has 1 fully saturated rings. The molecule has 1 aliphatic rings. The number of piperidine rings is 1. The highest BCUT2D eigenvalue weighted by Gasteiger charge is 2.16. The molecular weight excluding hydrogens is 430 g/mol. The summed E-state index contributed by atoms with van der Waals surface area (Å²) in [6.07, 6.45) is 3.98. The van der Waals surface area contributed by atoms with E-state index >= 15 is 0 Å². The molecule has 2 heterocycles. The monoisotopic (exact) mass is 457 g/mol. The van der Waals surface area contributed by atoms with E-state index in [1.54, 1.807) is 18.9 Å². The number of thioether (sulfide) groups is 1. The average Bonchev–Trinajstić information content (AvgIpc) is 3.22. The molecule has 0 bridgehead atoms. The molecule has 2 aromatic carbocycles. The van der Waals surface area contributed by atoms with Gasteiger partial charge in [-0.3, -0.25) is 4.57 Å². The van der Waals surface area contributed by atoms with Gasteiger partial charge in [0.2, 0.25) is 0 Å². The Hall–Kier alpha value is -2.22. The van der Waals surface area contributed by atoms with Crippen molar-refractivity contribution < 1.29 is 4.74 Å². The summed E-state index contributed by atoms with van der Waals surface area (Å²) in [6, 6.07) is 15.7. The van der Waals surface area contributed by atoms with E-state index in [2.05, 4.69) is 25.0 Å². The van der Waals surface area contributed by atoms with E-state index in [9.17, 15) is 0 Å². The summed E-state index contributed by atoms with van der Waals surface area (Å²) >= 11 is 7.87. The van der Waals surface area contributed by atoms with Gasteiger partial charge in [0.05, 0.1) is 13.7 Å². The number of ether oxygens (including phenoxy) is 1. The van der Waals surface area contributed by atoms with E-state index in [0.717, 1.165) is 40.4 Å². The number of hydrogen-bond acceptors (Lipinski definition) is 6. The van der Waals surface area contributed by atoms with Crippen LogP contribution in [0.3, 0.4) is 0 Å². The Morgan fingerprint density at radius 3 is 2.45 bits per heavy atom. The van der Waals surface area contributed by atoms with E-state index in [1.807, 2.05) is 48.5 Å². The van der Waals surface area contributed by atoms with Crippen LogP contribution in [0.25, 0.3) is 5.69 Å². The van der Waals surface area contributed by atoms with Gasteiger partial charge < -0.3 is 15.0 Å². The molecule has 0 radical (unpaired) electrons. The Bertz CT molecular complexity index is 955. The molecule has 1 N–H and O–H groups in total. The Balaban J connectivity index is 1.47. The fourth-order valence-corrected chi connectivity index (χ4v) is 4.79. The van der Waals surface area contributed by atoms with Crippen LogP contribution in [0.15, 0.2) is 53.7 Å². The first-order valence-electron chi connectivity index (χ1n) is 10.7. The molecule has 6 nitrogen and oxygen atoms in total. The van der Waals surface area contributed by atoms with Crippen molar-refractivity contribution in [3.05, 3.63) is 59.4 Å². The van der Waals surface area contributed by atoms with Gasteiger partial charge in [-0.25, -0.2) is 0 Å². The lowest BCUT2D eigenvalue weighted by molar-refractivity contribution is 0.242. The minimum atomic E-state index is 0.564. The highest BCUT2D eigenvalue weighted by Crippen LogP contribution is 2.25. The van der Waals surface area contributed by atoms with Crippen LogP contribution in [0, 0.1) is 0 Å². The number of rotatable bonds is 9. The largest absolute Gasteiger partial charge is 0.497 e. The molecule has 8 heteroatoms. The standard InChI is InChI=1S/C23H28ClN5OS/c1-30-21-11-7-19(8-12-21)25-17-22-26-27-23(29(22)20-9-5-18(24)6-10-20)31-16-15-28-13-3-2-4-14-28/h5-12,25H,2-4,13-17H2,1H3. The lowest BCUT2D eigenvalue weighted by Crippen LogP contribution is -2.31. The number of methoxy groups -OCH3 is 1. The average molecular weight is 458 g/mol. The number of anilines is 1. The summed E-state index contributed by atoms with van der Waals surface area (Å²) < 4.78 is 7.35. The maximum Gasteiger partial charge on any atom is 0.195 e. The second kappa shape index (κ2) is 10.9. The van der Waals surface area contributed by atoms with Crippen molar-refractivity contribution in [2.45, 2.75) is 31.0 Å². The van der Waals surface area contributed by atoms with E-state index in [1.165, 1.54) is 32.4 Å². The van der Waals surface area contributed by atoms with E-state index in [0.29, 0.717) is 11.6 Å². The maximum atomic E-state index is 6.11. The zero-order valence-corrected chi connectivity index (χ0v) is 19.3. The molecule has 1 aliphatic heterocycles. The normalized spacial score (nSPS) is 14.5. The molecule has 0 unspecified atom stereocenters. The van der Waals surface area contributed by atoms with Crippen LogP contribution in [0.2, 0.25) is 5.02 Å². The van der Waals surface area contributed by atoms with Crippen LogP contribution in [0.1, 0.15) is 25.1 Å². The number of hydrogen-bond donors (Lipinski definition) is 1. The van der Waals surface area contributed by atoms with E-state index in [-0.39, 0.29) is 0 Å². The summed E-state index contributed by atoms with van der Waals surface area (Å²) in [5.74, 6) is 2.69. The third-order valence-electron chi connectivity index (χ3n) is 5.41. The molecular formula is C23H28ClN5OS. The van der Waals surface area contributed by atoms with E-state index in [4.69, 9.17) is 16.3 Å². The predicted octanol–water partition coefficient (Wildman–Crippen LogP) is 5.12. The minimum Gasteiger partial charge on any atom is -0.497 e. The zero-order valence-electron chi connectivity index (χ0n) is 17.8. The number of aromatic nitrogens is 3. The highest BCUT2D eigenvalue weighted by molar-refractivity contribution is 7.99. The van der Waals surface area contributed by atoms with Gasteiger partial charge in [0.25, 0.3) is 0 Å². The van der Waals surface area contributed by atoms with Gasteiger partial charge in [-0.05, 0) is 74.5 Å². The van der Waals surface area contributed by atoms with Gasteiger partial charge in [0.1, 0.15) is 5.75 Å². The van der Waals surface area contributed by atoms with Crippen LogP contribution in [0.4, 0.5) is 5.69 Å². The van der Waals surface area contributed by atoms with Crippen LogP contribution >= 0.6 is 23.4 Å². The lowest BCUT2D eigenvalue weighted by atomic mass is 10.1. The Labute approximate surface area is 193 Å². The SMILES string of the molecule is COc1ccc(NCc2nnc(SCCN3CCCCC3)n2-c2ccc(Cl)cc2)cc1. The number of nitrogens with zero attached hydrogens (tertiary/aromatic N) is 4. The molecule has 164 valence electrons. The molecule has 0 spiro atoms. The summed E-state index contributed by atoms with van der Waals surface area (Å²) in [4.78, 5) is 2.55. The van der Waals surface area contributed by atoms with Gasteiger partial charge in [-0.15, -0.1) is 10.2 Å². The summed E-state index contributed by atoms with van der Waals surface area (Å²) in [7, 11) is 1.67. The molecule has 1 saturated heterocycles. The first-order chi connectivity index (χ1) is 15.2. The van der Waals surface area contributed by atoms with Gasteiger partial charge in [-0.1, -0.05) is 29.8 Å². The molecule has 0 saturated carbocycles. The van der Waals surface area contributed by atoms with Crippen molar-refractivity contribution in [1.29, 1.82) is 0 Å². The minimum absolute atomic E-state index is 0.564. The van der Waals surface area contributed by atoms with Crippen molar-refractivity contribution in [2.75, 3.05) is 37.8 Å². The molecule has 0 aliphatic carbocycles. The third-order valence-corrected chi connectivity index (χ3v) is 6.57. The van der Waals surface area contributed by atoms with Crippen molar-refractivity contribution in [3.8, 4) is 11.4 Å². The Morgan fingerprint density at radius 1 is 1.00 bits per heavy atom. The van der Waals surface area contributed by atoms with Gasteiger partial charge >= 0.3 is 0 Å². The summed E-state index contributed by atoms with van der Waals surface area (Å²) in [5, 5.41) is 14.0. The predicted molar refractivity (Wildman–Crippen MR) is 128 cm³/mol. The van der Waals surface area contributed by atoms with Gasteiger partial charge in [-0.2, -0.15) is 0 Å². The molecule has 0 amide bonds. The molecule has 4 rings (SSSR count). The molecule has 3 aromatic rings. The maximum absolute atomic E-state index is 6.11. The Morgan fingerprint density at radius 2 is 1.74 bits per heavy atom. The molecule has 1 aromatic heterocycles. The zero-order chi connectivity index (χ0) is 21.5. The van der Waals surface area contributed by atoms with Crippen LogP contribution in [-0.4, -0.2) is 52.2 Å². The van der Waals surface area contributed by atoms with Crippen LogP contribution in [0.5, 0.6) is 5.75 Å². The van der Waals surface area contributed by atoms with Crippen molar-refractivity contribution in [1.82, 2.24) is 19.7 Å². The van der Waals surface area contributed by atoms with Gasteiger partial charge in [0, 0.05) is 28.7 Å². The second-order valence-electron chi connectivity index (χ2n) is 7.54. The van der Waals surface area contributed by atoms with Crippen LogP contribution in [-0.2, 0) is 6.54 Å². The highest BCUT2D eigenvalue weighted by atomic mass is 35.5. The van der Waals surface area contributed by atoms with E-state index < -0.39 is 0 Å².